The van der Waals surface area contributed by atoms with Crippen molar-refractivity contribution in [2.24, 2.45) is 0 Å². The molecule has 1 aromatic carbocycles. The molecule has 0 bridgehead atoms. The van der Waals surface area contributed by atoms with E-state index in [2.05, 4.69) is 39.1 Å². The van der Waals surface area contributed by atoms with Crippen molar-refractivity contribution < 1.29 is 4.74 Å². The second-order valence-electron chi connectivity index (χ2n) is 5.50. The van der Waals surface area contributed by atoms with Crippen molar-refractivity contribution in [3.63, 3.8) is 0 Å². The van der Waals surface area contributed by atoms with E-state index in [1.54, 1.807) is 5.56 Å². The first kappa shape index (κ1) is 13.6. The van der Waals surface area contributed by atoms with Gasteiger partial charge in [-0.2, -0.15) is 0 Å². The van der Waals surface area contributed by atoms with Crippen molar-refractivity contribution in [2.45, 2.75) is 46.6 Å². The van der Waals surface area contributed by atoms with Gasteiger partial charge in [0.05, 0.1) is 13.2 Å². The fraction of sp³-hybridized carbons (Fsp3) is 0.625. The predicted molar refractivity (Wildman–Crippen MR) is 76.3 cm³/mol. The van der Waals surface area contributed by atoms with Gasteiger partial charge in [0.15, 0.2) is 0 Å². The molecule has 0 amide bonds. The minimum Gasteiger partial charge on any atom is -0.379 e. The number of nitrogens with one attached hydrogen (secondary N) is 1. The van der Waals surface area contributed by atoms with E-state index >= 15 is 0 Å². The smallest absolute Gasteiger partial charge is 0.0620 e. The summed E-state index contributed by atoms with van der Waals surface area (Å²) in [6, 6.07) is 2.83. The highest BCUT2D eigenvalue weighted by molar-refractivity contribution is 5.44. The lowest BCUT2D eigenvalue weighted by Crippen LogP contribution is -2.41. The number of benzene rings is 1. The Morgan fingerprint density at radius 2 is 1.83 bits per heavy atom. The van der Waals surface area contributed by atoms with E-state index in [1.165, 1.54) is 28.7 Å². The van der Waals surface area contributed by atoms with Crippen LogP contribution in [0.15, 0.2) is 6.07 Å². The Kier molecular flexibility index (Phi) is 4.41. The third kappa shape index (κ3) is 2.93. The molecule has 0 spiro atoms. The number of ether oxygens (including phenoxy) is 1. The van der Waals surface area contributed by atoms with Crippen molar-refractivity contribution in [3.05, 3.63) is 33.9 Å². The number of hydrogen-bond acceptors (Lipinski definition) is 2. The molecule has 2 rings (SSSR count). The van der Waals surface area contributed by atoms with E-state index < -0.39 is 0 Å². The van der Waals surface area contributed by atoms with Crippen molar-refractivity contribution in [1.82, 2.24) is 5.32 Å². The molecule has 1 atom stereocenters. The van der Waals surface area contributed by atoms with Gasteiger partial charge in [0.1, 0.15) is 0 Å². The Labute approximate surface area is 111 Å². The van der Waals surface area contributed by atoms with Crippen LogP contribution in [0.3, 0.4) is 0 Å². The Morgan fingerprint density at radius 1 is 1.17 bits per heavy atom. The summed E-state index contributed by atoms with van der Waals surface area (Å²) in [5, 5.41) is 3.53. The van der Waals surface area contributed by atoms with E-state index in [1.807, 2.05) is 0 Å². The molecule has 100 valence electrons. The summed E-state index contributed by atoms with van der Waals surface area (Å²) in [5.74, 6) is 0. The van der Waals surface area contributed by atoms with Crippen molar-refractivity contribution in [3.8, 4) is 0 Å². The zero-order valence-corrected chi connectivity index (χ0v) is 12.1. The van der Waals surface area contributed by atoms with Crippen LogP contribution in [-0.2, 0) is 11.2 Å². The molecule has 1 aliphatic rings. The molecular weight excluding hydrogens is 222 g/mol. The second-order valence-corrected chi connectivity index (χ2v) is 5.50. The molecule has 2 heteroatoms. The fourth-order valence-electron chi connectivity index (χ4n) is 2.80. The maximum Gasteiger partial charge on any atom is 0.0620 e. The molecule has 0 radical (unpaired) electrons. The van der Waals surface area contributed by atoms with Crippen LogP contribution in [0.2, 0.25) is 0 Å². The summed E-state index contributed by atoms with van der Waals surface area (Å²) in [7, 11) is 0. The summed E-state index contributed by atoms with van der Waals surface area (Å²) < 4.78 is 5.52. The average molecular weight is 247 g/mol. The lowest BCUT2D eigenvalue weighted by molar-refractivity contribution is 0.0743. The number of rotatable bonds is 3. The van der Waals surface area contributed by atoms with Crippen LogP contribution in [0.25, 0.3) is 0 Å². The van der Waals surface area contributed by atoms with Gasteiger partial charge in [-0.3, -0.25) is 0 Å². The highest BCUT2D eigenvalue weighted by atomic mass is 16.5. The van der Waals surface area contributed by atoms with E-state index in [0.29, 0.717) is 6.04 Å². The summed E-state index contributed by atoms with van der Waals surface area (Å²) in [5.41, 5.74) is 7.31. The van der Waals surface area contributed by atoms with Gasteiger partial charge in [0.25, 0.3) is 0 Å². The molecule has 1 N–H and O–H groups in total. The van der Waals surface area contributed by atoms with Gasteiger partial charge < -0.3 is 10.1 Å². The molecule has 1 aliphatic heterocycles. The number of morpholine rings is 1. The molecule has 0 aromatic heterocycles. The first-order valence-electron chi connectivity index (χ1n) is 6.97. The van der Waals surface area contributed by atoms with E-state index in [0.717, 1.165) is 26.2 Å². The summed E-state index contributed by atoms with van der Waals surface area (Å²) in [4.78, 5) is 0. The first-order valence-corrected chi connectivity index (χ1v) is 6.97. The fourth-order valence-corrected chi connectivity index (χ4v) is 2.80. The zero-order chi connectivity index (χ0) is 13.1. The maximum absolute atomic E-state index is 5.52. The van der Waals surface area contributed by atoms with E-state index in [4.69, 9.17) is 4.74 Å². The minimum atomic E-state index is 0.526. The topological polar surface area (TPSA) is 21.3 Å². The van der Waals surface area contributed by atoms with Gasteiger partial charge in [-0.25, -0.2) is 0 Å². The highest BCUT2D eigenvalue weighted by Crippen LogP contribution is 2.23. The normalized spacial score (nSPS) is 20.1. The van der Waals surface area contributed by atoms with Crippen LogP contribution in [0.1, 0.15) is 34.2 Å². The number of aryl methyl sites for hydroxylation is 2. The highest BCUT2D eigenvalue weighted by Gasteiger charge is 2.15. The van der Waals surface area contributed by atoms with Gasteiger partial charge in [0.2, 0.25) is 0 Å². The Bertz CT molecular complexity index is 393. The molecule has 1 fully saturated rings. The van der Waals surface area contributed by atoms with Gasteiger partial charge in [-0.05, 0) is 68.4 Å². The standard InChI is InChI=1S/C16H25NO/c1-11-9-12(2)14(4)16(13(11)3)6-5-15-10-18-8-7-17-15/h9,15,17H,5-8,10H2,1-4H3. The molecule has 0 aliphatic carbocycles. The lowest BCUT2D eigenvalue weighted by atomic mass is 9.90. The van der Waals surface area contributed by atoms with Crippen molar-refractivity contribution >= 4 is 0 Å². The van der Waals surface area contributed by atoms with Crippen LogP contribution in [-0.4, -0.2) is 25.8 Å². The Morgan fingerprint density at radius 3 is 2.39 bits per heavy atom. The molecule has 2 nitrogen and oxygen atoms in total. The molecule has 1 aromatic rings. The SMILES string of the molecule is Cc1cc(C)c(C)c(CCC2COCCN2)c1C. The quantitative estimate of drug-likeness (QED) is 0.887. The van der Waals surface area contributed by atoms with E-state index in [-0.39, 0.29) is 0 Å². The number of hydrogen-bond donors (Lipinski definition) is 1. The predicted octanol–water partition coefficient (Wildman–Crippen LogP) is 2.84. The second kappa shape index (κ2) is 5.85. The van der Waals surface area contributed by atoms with Gasteiger partial charge in [-0.1, -0.05) is 6.07 Å². The maximum atomic E-state index is 5.52. The van der Waals surface area contributed by atoms with Crippen LogP contribution in [0, 0.1) is 27.7 Å². The molecule has 0 saturated carbocycles. The van der Waals surface area contributed by atoms with Crippen LogP contribution in [0.5, 0.6) is 0 Å². The molecular formula is C16H25NO. The lowest BCUT2D eigenvalue weighted by Gasteiger charge is -2.24. The van der Waals surface area contributed by atoms with Gasteiger partial charge >= 0.3 is 0 Å². The monoisotopic (exact) mass is 247 g/mol. The van der Waals surface area contributed by atoms with Crippen molar-refractivity contribution in [1.29, 1.82) is 0 Å². The Hall–Kier alpha value is -0.860. The third-order valence-corrected chi connectivity index (χ3v) is 4.26. The van der Waals surface area contributed by atoms with Crippen LogP contribution >= 0.6 is 0 Å². The molecule has 1 saturated heterocycles. The van der Waals surface area contributed by atoms with E-state index in [9.17, 15) is 0 Å². The van der Waals surface area contributed by atoms with Gasteiger partial charge in [-0.15, -0.1) is 0 Å². The molecule has 1 unspecified atom stereocenters. The third-order valence-electron chi connectivity index (χ3n) is 4.26. The molecule has 1 heterocycles. The first-order chi connectivity index (χ1) is 8.59. The van der Waals surface area contributed by atoms with Crippen molar-refractivity contribution in [2.75, 3.05) is 19.8 Å². The van der Waals surface area contributed by atoms with Crippen LogP contribution < -0.4 is 5.32 Å². The molecule has 18 heavy (non-hydrogen) atoms. The van der Waals surface area contributed by atoms with Gasteiger partial charge in [0, 0.05) is 12.6 Å². The average Bonchev–Trinajstić information content (AvgIpc) is 2.38. The van der Waals surface area contributed by atoms with Crippen LogP contribution in [0.4, 0.5) is 0 Å². The largest absolute Gasteiger partial charge is 0.379 e. The minimum absolute atomic E-state index is 0.526. The summed E-state index contributed by atoms with van der Waals surface area (Å²) in [6.07, 6.45) is 2.33. The summed E-state index contributed by atoms with van der Waals surface area (Å²) >= 11 is 0. The summed E-state index contributed by atoms with van der Waals surface area (Å²) in [6.45, 7) is 11.7. The Balaban J connectivity index is 2.08. The zero-order valence-electron chi connectivity index (χ0n) is 12.1.